The standard InChI is InChI=1S/C9H12N2O/c1-11(2)9-6-4-3-5-8(9)7-10-12/h3-6H,7H2,1-2H3. The Kier molecular flexibility index (Phi) is 2.80. The minimum Gasteiger partial charge on any atom is -0.377 e. The summed E-state index contributed by atoms with van der Waals surface area (Å²) in [4.78, 5) is 12.1. The fourth-order valence-electron chi connectivity index (χ4n) is 1.15. The highest BCUT2D eigenvalue weighted by molar-refractivity contribution is 5.52. The predicted molar refractivity (Wildman–Crippen MR) is 50.3 cm³/mol. The summed E-state index contributed by atoms with van der Waals surface area (Å²) in [5.41, 5.74) is 2.02. The third kappa shape index (κ3) is 1.81. The van der Waals surface area contributed by atoms with Gasteiger partial charge >= 0.3 is 0 Å². The van der Waals surface area contributed by atoms with Gasteiger partial charge in [-0.25, -0.2) is 0 Å². The molecule has 0 amide bonds. The van der Waals surface area contributed by atoms with Gasteiger partial charge in [0.15, 0.2) is 0 Å². The zero-order valence-electron chi connectivity index (χ0n) is 7.32. The van der Waals surface area contributed by atoms with E-state index in [9.17, 15) is 4.91 Å². The van der Waals surface area contributed by atoms with Crippen LogP contribution < -0.4 is 4.90 Å². The first-order valence-electron chi connectivity index (χ1n) is 3.80. The van der Waals surface area contributed by atoms with Gasteiger partial charge in [-0.05, 0) is 6.07 Å². The van der Waals surface area contributed by atoms with Crippen LogP contribution in [0, 0.1) is 4.91 Å². The molecule has 0 spiro atoms. The number of anilines is 1. The number of nitroso groups, excluding NO2 is 1. The van der Waals surface area contributed by atoms with Crippen molar-refractivity contribution in [3.8, 4) is 0 Å². The third-order valence-electron chi connectivity index (χ3n) is 1.71. The van der Waals surface area contributed by atoms with E-state index in [1.54, 1.807) is 0 Å². The Balaban J connectivity index is 2.99. The van der Waals surface area contributed by atoms with Crippen molar-refractivity contribution < 1.29 is 0 Å². The second-order valence-corrected chi connectivity index (χ2v) is 2.81. The molecule has 0 unspecified atom stereocenters. The molecule has 0 aromatic heterocycles. The van der Waals surface area contributed by atoms with Crippen molar-refractivity contribution in [2.24, 2.45) is 5.18 Å². The molecule has 0 saturated carbocycles. The van der Waals surface area contributed by atoms with E-state index >= 15 is 0 Å². The highest BCUT2D eigenvalue weighted by atomic mass is 16.3. The van der Waals surface area contributed by atoms with E-state index in [1.807, 2.05) is 43.3 Å². The van der Waals surface area contributed by atoms with Gasteiger partial charge in [0, 0.05) is 25.3 Å². The molecule has 1 rings (SSSR count). The van der Waals surface area contributed by atoms with Gasteiger partial charge < -0.3 is 4.90 Å². The summed E-state index contributed by atoms with van der Waals surface area (Å²) in [5.74, 6) is 0. The average molecular weight is 164 g/mol. The van der Waals surface area contributed by atoms with Crippen LogP contribution in [0.5, 0.6) is 0 Å². The largest absolute Gasteiger partial charge is 0.377 e. The molecule has 3 nitrogen and oxygen atoms in total. The van der Waals surface area contributed by atoms with Gasteiger partial charge in [0.05, 0.1) is 0 Å². The van der Waals surface area contributed by atoms with Crippen molar-refractivity contribution >= 4 is 5.69 Å². The normalized spacial score (nSPS) is 9.50. The summed E-state index contributed by atoms with van der Waals surface area (Å²) in [6.45, 7) is 0.244. The smallest absolute Gasteiger partial charge is 0.108 e. The van der Waals surface area contributed by atoms with Gasteiger partial charge in [-0.2, -0.15) is 4.91 Å². The van der Waals surface area contributed by atoms with E-state index in [2.05, 4.69) is 5.18 Å². The maximum Gasteiger partial charge on any atom is 0.108 e. The van der Waals surface area contributed by atoms with Crippen LogP contribution in [0.25, 0.3) is 0 Å². The second-order valence-electron chi connectivity index (χ2n) is 2.81. The monoisotopic (exact) mass is 164 g/mol. The van der Waals surface area contributed by atoms with Crippen LogP contribution >= 0.6 is 0 Å². The number of para-hydroxylation sites is 1. The van der Waals surface area contributed by atoms with Crippen molar-refractivity contribution in [2.75, 3.05) is 19.0 Å². The molecular weight excluding hydrogens is 152 g/mol. The van der Waals surface area contributed by atoms with E-state index in [4.69, 9.17) is 0 Å². The Bertz CT molecular complexity index is 271. The molecule has 0 bridgehead atoms. The fourth-order valence-corrected chi connectivity index (χ4v) is 1.15. The van der Waals surface area contributed by atoms with Crippen molar-refractivity contribution in [3.05, 3.63) is 34.7 Å². The molecule has 64 valence electrons. The summed E-state index contributed by atoms with van der Waals surface area (Å²) in [5, 5.41) is 2.87. The second kappa shape index (κ2) is 3.85. The van der Waals surface area contributed by atoms with Crippen LogP contribution in [-0.4, -0.2) is 14.1 Å². The first-order chi connectivity index (χ1) is 5.75. The summed E-state index contributed by atoms with van der Waals surface area (Å²) < 4.78 is 0. The van der Waals surface area contributed by atoms with Crippen LogP contribution in [-0.2, 0) is 6.54 Å². The maximum atomic E-state index is 10.1. The summed E-state index contributed by atoms with van der Waals surface area (Å²) in [6.07, 6.45) is 0. The lowest BCUT2D eigenvalue weighted by Gasteiger charge is -2.15. The minimum atomic E-state index is 0.244. The van der Waals surface area contributed by atoms with E-state index < -0.39 is 0 Å². The van der Waals surface area contributed by atoms with Crippen molar-refractivity contribution in [3.63, 3.8) is 0 Å². The van der Waals surface area contributed by atoms with Gasteiger partial charge in [-0.15, -0.1) is 0 Å². The molecule has 0 aliphatic heterocycles. The van der Waals surface area contributed by atoms with Crippen molar-refractivity contribution in [1.82, 2.24) is 0 Å². The molecule has 0 aliphatic rings. The first kappa shape index (κ1) is 8.71. The predicted octanol–water partition coefficient (Wildman–Crippen LogP) is 2.02. The Morgan fingerprint density at radius 3 is 2.58 bits per heavy atom. The quantitative estimate of drug-likeness (QED) is 0.640. The molecule has 0 aliphatic carbocycles. The Hall–Kier alpha value is -1.38. The topological polar surface area (TPSA) is 32.7 Å². The number of nitrogens with zero attached hydrogens (tertiary/aromatic N) is 2. The van der Waals surface area contributed by atoms with Crippen molar-refractivity contribution in [1.29, 1.82) is 0 Å². The maximum absolute atomic E-state index is 10.1. The van der Waals surface area contributed by atoms with Crippen molar-refractivity contribution in [2.45, 2.75) is 6.54 Å². The highest BCUT2D eigenvalue weighted by Crippen LogP contribution is 2.18. The molecule has 0 fully saturated rings. The molecule has 0 radical (unpaired) electrons. The molecule has 1 aromatic carbocycles. The molecule has 12 heavy (non-hydrogen) atoms. The van der Waals surface area contributed by atoms with Crippen LogP contribution in [0.1, 0.15) is 5.56 Å². The number of rotatable bonds is 3. The third-order valence-corrected chi connectivity index (χ3v) is 1.71. The fraction of sp³-hybridized carbons (Fsp3) is 0.333. The molecular formula is C9H12N2O. The van der Waals surface area contributed by atoms with Gasteiger partial charge in [0.25, 0.3) is 0 Å². The van der Waals surface area contributed by atoms with E-state index in [-0.39, 0.29) is 6.54 Å². The number of hydrogen-bond acceptors (Lipinski definition) is 3. The molecule has 0 N–H and O–H groups in total. The van der Waals surface area contributed by atoms with Crippen LogP contribution in [0.2, 0.25) is 0 Å². The Labute approximate surface area is 72.0 Å². The molecule has 0 saturated heterocycles. The zero-order valence-corrected chi connectivity index (χ0v) is 7.32. The lowest BCUT2D eigenvalue weighted by Crippen LogP contribution is -2.10. The van der Waals surface area contributed by atoms with Gasteiger partial charge in [-0.3, -0.25) is 0 Å². The van der Waals surface area contributed by atoms with E-state index in [1.165, 1.54) is 0 Å². The molecule has 1 aromatic rings. The summed E-state index contributed by atoms with van der Waals surface area (Å²) in [7, 11) is 3.90. The molecule has 3 heteroatoms. The van der Waals surface area contributed by atoms with Crippen LogP contribution in [0.3, 0.4) is 0 Å². The molecule has 0 heterocycles. The summed E-state index contributed by atoms with van der Waals surface area (Å²) >= 11 is 0. The lowest BCUT2D eigenvalue weighted by molar-refractivity contribution is 1.02. The van der Waals surface area contributed by atoms with Crippen LogP contribution in [0.15, 0.2) is 29.4 Å². The van der Waals surface area contributed by atoms with E-state index in [0.29, 0.717) is 0 Å². The first-order valence-corrected chi connectivity index (χ1v) is 3.80. The average Bonchev–Trinajstić information content (AvgIpc) is 2.05. The van der Waals surface area contributed by atoms with Gasteiger partial charge in [0.1, 0.15) is 6.54 Å². The van der Waals surface area contributed by atoms with Gasteiger partial charge in [-0.1, -0.05) is 23.4 Å². The molecule has 0 atom stereocenters. The van der Waals surface area contributed by atoms with E-state index in [0.717, 1.165) is 11.3 Å². The SMILES string of the molecule is CN(C)c1ccccc1CN=O. The van der Waals surface area contributed by atoms with Crippen LogP contribution in [0.4, 0.5) is 5.69 Å². The Morgan fingerprint density at radius 2 is 2.00 bits per heavy atom. The number of hydrogen-bond donors (Lipinski definition) is 0. The highest BCUT2D eigenvalue weighted by Gasteiger charge is 2.01. The zero-order chi connectivity index (χ0) is 8.97. The lowest BCUT2D eigenvalue weighted by atomic mass is 10.1. The minimum absolute atomic E-state index is 0.244. The number of benzene rings is 1. The Morgan fingerprint density at radius 1 is 1.33 bits per heavy atom. The summed E-state index contributed by atoms with van der Waals surface area (Å²) in [6, 6.07) is 7.74. The van der Waals surface area contributed by atoms with Gasteiger partial charge in [0.2, 0.25) is 0 Å².